The van der Waals surface area contributed by atoms with Crippen LogP contribution in [0.1, 0.15) is 13.8 Å². The Bertz CT molecular complexity index is 134. The second kappa shape index (κ2) is 4.41. The van der Waals surface area contributed by atoms with Crippen LogP contribution >= 0.6 is 0 Å². The minimum atomic E-state index is -0.684. The van der Waals surface area contributed by atoms with Crippen LogP contribution in [0.3, 0.4) is 0 Å². The van der Waals surface area contributed by atoms with Crippen molar-refractivity contribution in [2.24, 2.45) is 0 Å². The van der Waals surface area contributed by atoms with Crippen LogP contribution in [-0.4, -0.2) is 28.7 Å². The Morgan fingerprint density at radius 2 is 2.30 bits per heavy atom. The summed E-state index contributed by atoms with van der Waals surface area (Å²) in [6.07, 6.45) is 2.63. The lowest BCUT2D eigenvalue weighted by Gasteiger charge is -2.17. The number of aldehydes is 1. The van der Waals surface area contributed by atoms with Crippen LogP contribution in [0.5, 0.6) is 0 Å². The van der Waals surface area contributed by atoms with Crippen molar-refractivity contribution >= 4 is 16.5 Å². The van der Waals surface area contributed by atoms with Crippen molar-refractivity contribution in [3.05, 3.63) is 11.8 Å². The van der Waals surface area contributed by atoms with Gasteiger partial charge < -0.3 is 4.74 Å². The monoisotopic (exact) mass is 158 g/mol. The Morgan fingerprint density at radius 3 is 2.60 bits per heavy atom. The SMILES string of the molecule is CCOC(C)(C=O)C=C[SiH3]. The van der Waals surface area contributed by atoms with Crippen LogP contribution in [0.25, 0.3) is 0 Å². The molecule has 0 rings (SSSR count). The fourth-order valence-corrected chi connectivity index (χ4v) is 1.43. The van der Waals surface area contributed by atoms with E-state index in [0.29, 0.717) is 6.61 Å². The van der Waals surface area contributed by atoms with Crippen molar-refractivity contribution in [1.82, 2.24) is 0 Å². The average molecular weight is 158 g/mol. The first-order valence-corrected chi connectivity index (χ1v) is 4.58. The number of rotatable bonds is 4. The molecule has 0 heterocycles. The maximum absolute atomic E-state index is 10.4. The minimum absolute atomic E-state index is 0.571. The molecular formula is C7H14O2Si. The molecule has 0 fully saturated rings. The number of carbonyl (C=O) groups excluding carboxylic acids is 1. The average Bonchev–Trinajstić information content (AvgIpc) is 1.89. The summed E-state index contributed by atoms with van der Waals surface area (Å²) in [4.78, 5) is 10.4. The lowest BCUT2D eigenvalue weighted by molar-refractivity contribution is -0.123. The normalized spacial score (nSPS) is 17.4. The third-order valence-electron chi connectivity index (χ3n) is 1.19. The van der Waals surface area contributed by atoms with Gasteiger partial charge in [-0.25, -0.2) is 0 Å². The molecule has 2 nitrogen and oxygen atoms in total. The summed E-state index contributed by atoms with van der Waals surface area (Å²) in [5.41, 5.74) is 1.26. The number of ether oxygens (including phenoxy) is 1. The van der Waals surface area contributed by atoms with Gasteiger partial charge in [0.1, 0.15) is 5.60 Å². The predicted molar refractivity (Wildman–Crippen MR) is 45.2 cm³/mol. The van der Waals surface area contributed by atoms with Gasteiger partial charge in [0.15, 0.2) is 6.29 Å². The second-order valence-electron chi connectivity index (χ2n) is 2.23. The number of hydrogen-bond donors (Lipinski definition) is 0. The molecule has 0 amide bonds. The van der Waals surface area contributed by atoms with Crippen molar-refractivity contribution in [2.75, 3.05) is 6.61 Å². The van der Waals surface area contributed by atoms with Gasteiger partial charge in [-0.3, -0.25) is 4.79 Å². The summed E-state index contributed by atoms with van der Waals surface area (Å²) in [5, 5.41) is 0. The molecule has 1 unspecified atom stereocenters. The molecule has 0 aromatic heterocycles. The zero-order valence-corrected chi connectivity index (χ0v) is 8.76. The van der Waals surface area contributed by atoms with Gasteiger partial charge in [-0.05, 0) is 13.8 Å². The van der Waals surface area contributed by atoms with Gasteiger partial charge in [0.25, 0.3) is 0 Å². The van der Waals surface area contributed by atoms with Gasteiger partial charge in [0, 0.05) is 16.8 Å². The molecule has 58 valence electrons. The Balaban J connectivity index is 4.07. The lowest BCUT2D eigenvalue weighted by Crippen LogP contribution is -2.27. The first-order chi connectivity index (χ1) is 4.68. The van der Waals surface area contributed by atoms with Crippen LogP contribution in [0.2, 0.25) is 0 Å². The molecule has 0 radical (unpaired) electrons. The summed E-state index contributed by atoms with van der Waals surface area (Å²) < 4.78 is 5.19. The minimum Gasteiger partial charge on any atom is -0.364 e. The topological polar surface area (TPSA) is 26.3 Å². The van der Waals surface area contributed by atoms with Gasteiger partial charge in [0.05, 0.1) is 0 Å². The Kier molecular flexibility index (Phi) is 4.23. The first kappa shape index (κ1) is 9.59. The summed E-state index contributed by atoms with van der Waals surface area (Å²) in [6.45, 7) is 4.21. The molecule has 0 aromatic rings. The van der Waals surface area contributed by atoms with Crippen LogP contribution in [-0.2, 0) is 9.53 Å². The predicted octanol–water partition coefficient (Wildman–Crippen LogP) is -0.140. The zero-order valence-electron chi connectivity index (χ0n) is 6.76. The van der Waals surface area contributed by atoms with E-state index in [-0.39, 0.29) is 0 Å². The first-order valence-electron chi connectivity index (χ1n) is 3.42. The highest BCUT2D eigenvalue weighted by atomic mass is 28.1. The van der Waals surface area contributed by atoms with Crippen molar-refractivity contribution in [2.45, 2.75) is 19.4 Å². The van der Waals surface area contributed by atoms with Gasteiger partial charge in [-0.15, -0.1) is 5.70 Å². The van der Waals surface area contributed by atoms with E-state index in [1.807, 2.05) is 12.6 Å². The zero-order chi connectivity index (χ0) is 8.04. The molecular weight excluding hydrogens is 144 g/mol. The molecule has 0 spiro atoms. The Hall–Kier alpha value is -0.413. The molecule has 0 aliphatic heterocycles. The molecule has 3 heteroatoms. The molecule has 0 bridgehead atoms. The van der Waals surface area contributed by atoms with Gasteiger partial charge in [-0.2, -0.15) is 0 Å². The maximum atomic E-state index is 10.4. The molecule has 0 aliphatic carbocycles. The van der Waals surface area contributed by atoms with E-state index in [0.717, 1.165) is 16.5 Å². The fraction of sp³-hybridized carbons (Fsp3) is 0.571. The van der Waals surface area contributed by atoms with E-state index < -0.39 is 5.60 Å². The summed E-state index contributed by atoms with van der Waals surface area (Å²) in [5.74, 6) is 0. The lowest BCUT2D eigenvalue weighted by atomic mass is 10.1. The molecule has 0 N–H and O–H groups in total. The molecule has 0 saturated heterocycles. The molecule has 0 aromatic carbocycles. The smallest absolute Gasteiger partial charge is 0.155 e. The highest BCUT2D eigenvalue weighted by molar-refractivity contribution is 6.17. The highest BCUT2D eigenvalue weighted by Gasteiger charge is 2.18. The van der Waals surface area contributed by atoms with Crippen LogP contribution in [0, 0.1) is 0 Å². The van der Waals surface area contributed by atoms with Crippen LogP contribution in [0.4, 0.5) is 0 Å². The summed E-state index contributed by atoms with van der Waals surface area (Å²) in [7, 11) is 0.962. The molecule has 1 atom stereocenters. The molecule has 0 saturated carbocycles. The second-order valence-corrected chi connectivity index (χ2v) is 2.90. The fourth-order valence-electron chi connectivity index (χ4n) is 0.763. The van der Waals surface area contributed by atoms with E-state index in [1.54, 1.807) is 13.0 Å². The quantitative estimate of drug-likeness (QED) is 0.420. The van der Waals surface area contributed by atoms with E-state index in [2.05, 4.69) is 0 Å². The number of hydrogen-bond acceptors (Lipinski definition) is 2. The van der Waals surface area contributed by atoms with Crippen LogP contribution in [0.15, 0.2) is 11.8 Å². The number of carbonyl (C=O) groups is 1. The third-order valence-corrected chi connectivity index (χ3v) is 1.52. The molecule has 10 heavy (non-hydrogen) atoms. The summed E-state index contributed by atoms with van der Waals surface area (Å²) in [6, 6.07) is 0. The summed E-state index contributed by atoms with van der Waals surface area (Å²) >= 11 is 0. The van der Waals surface area contributed by atoms with Gasteiger partial charge in [0.2, 0.25) is 0 Å². The van der Waals surface area contributed by atoms with E-state index in [1.165, 1.54) is 0 Å². The maximum Gasteiger partial charge on any atom is 0.155 e. The van der Waals surface area contributed by atoms with E-state index in [4.69, 9.17) is 4.74 Å². The van der Waals surface area contributed by atoms with Crippen LogP contribution < -0.4 is 0 Å². The van der Waals surface area contributed by atoms with Crippen molar-refractivity contribution < 1.29 is 9.53 Å². The third kappa shape index (κ3) is 2.94. The Labute approximate surface area is 64.7 Å². The standard InChI is InChI=1S/C7H14O2Si/c1-3-9-7(2,6-8)4-5-10/h4-6H,3H2,1-2,10H3. The van der Waals surface area contributed by atoms with Crippen molar-refractivity contribution in [3.63, 3.8) is 0 Å². The van der Waals surface area contributed by atoms with Crippen molar-refractivity contribution in [3.8, 4) is 0 Å². The Morgan fingerprint density at radius 1 is 1.70 bits per heavy atom. The van der Waals surface area contributed by atoms with Crippen molar-refractivity contribution in [1.29, 1.82) is 0 Å². The van der Waals surface area contributed by atoms with Gasteiger partial charge in [-0.1, -0.05) is 6.08 Å². The van der Waals surface area contributed by atoms with E-state index >= 15 is 0 Å². The molecule has 0 aliphatic rings. The largest absolute Gasteiger partial charge is 0.364 e. The van der Waals surface area contributed by atoms with E-state index in [9.17, 15) is 4.79 Å². The van der Waals surface area contributed by atoms with Gasteiger partial charge >= 0.3 is 0 Å². The highest BCUT2D eigenvalue weighted by Crippen LogP contribution is 2.07.